The van der Waals surface area contributed by atoms with E-state index in [1.54, 1.807) is 18.3 Å². The molecule has 0 amide bonds. The molecule has 0 atom stereocenters. The maximum absolute atomic E-state index is 12.1. The van der Waals surface area contributed by atoms with Crippen LogP contribution in [0.15, 0.2) is 42.6 Å². The Bertz CT molecular complexity index is 640. The first-order chi connectivity index (χ1) is 10.7. The lowest BCUT2D eigenvalue weighted by molar-refractivity contribution is -0.0498. The molecule has 0 aliphatic carbocycles. The Morgan fingerprint density at radius 3 is 2.50 bits per heavy atom. The van der Waals surface area contributed by atoms with Crippen LogP contribution in [0.25, 0.3) is 11.3 Å². The van der Waals surface area contributed by atoms with Gasteiger partial charge in [0.2, 0.25) is 0 Å². The molecule has 2 nitrogen and oxygen atoms in total. The number of ether oxygens (including phenoxy) is 1. The van der Waals surface area contributed by atoms with Crippen molar-refractivity contribution in [1.82, 2.24) is 4.98 Å². The molecule has 2 rings (SSSR count). The summed E-state index contributed by atoms with van der Waals surface area (Å²) in [6.45, 7) is -0.676. The number of nitrogens with zero attached hydrogens (tertiary/aromatic N) is 1. The fraction of sp³-hybridized carbons (Fsp3) is 0.278. The van der Waals surface area contributed by atoms with Gasteiger partial charge in [-0.05, 0) is 42.8 Å². The predicted molar refractivity (Wildman–Crippen MR) is 82.7 cm³/mol. The minimum atomic E-state index is -2.81. The number of alkyl halides is 2. The monoisotopic (exact) mass is 301 g/mol. The lowest BCUT2D eigenvalue weighted by Crippen LogP contribution is -2.01. The first-order valence-corrected chi connectivity index (χ1v) is 7.19. The van der Waals surface area contributed by atoms with Crippen molar-refractivity contribution < 1.29 is 13.5 Å². The van der Waals surface area contributed by atoms with E-state index in [0.717, 1.165) is 36.1 Å². The van der Waals surface area contributed by atoms with Crippen molar-refractivity contribution in [2.24, 2.45) is 0 Å². The molecular formula is C18H17F2NO. The van der Waals surface area contributed by atoms with E-state index in [9.17, 15) is 8.78 Å². The van der Waals surface area contributed by atoms with Gasteiger partial charge in [0.1, 0.15) is 5.75 Å². The lowest BCUT2D eigenvalue weighted by atomic mass is 10.1. The summed E-state index contributed by atoms with van der Waals surface area (Å²) in [6.07, 6.45) is 4.85. The topological polar surface area (TPSA) is 22.1 Å². The van der Waals surface area contributed by atoms with Crippen LogP contribution < -0.4 is 4.74 Å². The van der Waals surface area contributed by atoms with E-state index in [2.05, 4.69) is 28.5 Å². The van der Waals surface area contributed by atoms with Gasteiger partial charge in [-0.25, -0.2) is 0 Å². The summed E-state index contributed by atoms with van der Waals surface area (Å²) in [4.78, 5) is 4.35. The standard InChI is InChI=1S/C18H17F2NO/c1-2-3-4-5-6-14-7-12-17(21-13-14)15-8-10-16(11-9-15)22-18(19)20/h7-13,18H,2-4H2,1H3. The zero-order valence-electron chi connectivity index (χ0n) is 12.4. The van der Waals surface area contributed by atoms with Crippen LogP contribution in [0.4, 0.5) is 8.78 Å². The van der Waals surface area contributed by atoms with Crippen LogP contribution in [0.5, 0.6) is 5.75 Å². The number of halogens is 2. The van der Waals surface area contributed by atoms with E-state index in [4.69, 9.17) is 0 Å². The molecule has 0 fully saturated rings. The Morgan fingerprint density at radius 1 is 1.14 bits per heavy atom. The minimum Gasteiger partial charge on any atom is -0.435 e. The fourth-order valence-corrected chi connectivity index (χ4v) is 1.88. The molecule has 0 saturated carbocycles. The van der Waals surface area contributed by atoms with E-state index in [0.29, 0.717) is 0 Å². The molecule has 0 unspecified atom stereocenters. The van der Waals surface area contributed by atoms with Crippen molar-refractivity contribution in [3.05, 3.63) is 48.2 Å². The maximum Gasteiger partial charge on any atom is 0.387 e. The van der Waals surface area contributed by atoms with E-state index < -0.39 is 6.61 Å². The van der Waals surface area contributed by atoms with Gasteiger partial charge in [0.25, 0.3) is 0 Å². The van der Waals surface area contributed by atoms with Crippen LogP contribution in [-0.4, -0.2) is 11.6 Å². The average molecular weight is 301 g/mol. The first-order valence-electron chi connectivity index (χ1n) is 7.19. The van der Waals surface area contributed by atoms with Crippen LogP contribution in [0.1, 0.15) is 31.7 Å². The molecule has 0 saturated heterocycles. The third-order valence-electron chi connectivity index (χ3n) is 3.03. The molecule has 0 bridgehead atoms. The first kappa shape index (κ1) is 16.0. The van der Waals surface area contributed by atoms with Crippen molar-refractivity contribution in [2.45, 2.75) is 32.8 Å². The van der Waals surface area contributed by atoms with Crippen molar-refractivity contribution in [3.63, 3.8) is 0 Å². The molecule has 0 radical (unpaired) electrons. The molecule has 1 heterocycles. The van der Waals surface area contributed by atoms with Crippen molar-refractivity contribution in [2.75, 3.05) is 0 Å². The van der Waals surface area contributed by atoms with E-state index in [1.807, 2.05) is 12.1 Å². The van der Waals surface area contributed by atoms with Gasteiger partial charge in [-0.1, -0.05) is 25.2 Å². The molecule has 0 spiro atoms. The number of benzene rings is 1. The van der Waals surface area contributed by atoms with Crippen LogP contribution in [0.3, 0.4) is 0 Å². The second-order valence-corrected chi connectivity index (χ2v) is 4.74. The Hall–Kier alpha value is -2.41. The zero-order valence-corrected chi connectivity index (χ0v) is 12.4. The van der Waals surface area contributed by atoms with Crippen LogP contribution in [0.2, 0.25) is 0 Å². The number of aromatic nitrogens is 1. The van der Waals surface area contributed by atoms with Gasteiger partial charge in [-0.15, -0.1) is 0 Å². The number of rotatable bonds is 5. The third kappa shape index (κ3) is 4.85. The molecule has 1 aromatic heterocycles. The number of pyridine rings is 1. The Kier molecular flexibility index (Phi) is 5.91. The second kappa shape index (κ2) is 8.14. The summed E-state index contributed by atoms with van der Waals surface area (Å²) in [6, 6.07) is 10.2. The highest BCUT2D eigenvalue weighted by Crippen LogP contribution is 2.21. The maximum atomic E-state index is 12.1. The highest BCUT2D eigenvalue weighted by molar-refractivity contribution is 5.60. The second-order valence-electron chi connectivity index (χ2n) is 4.74. The summed E-state index contributed by atoms with van der Waals surface area (Å²) < 4.78 is 28.5. The van der Waals surface area contributed by atoms with Crippen molar-refractivity contribution >= 4 is 0 Å². The Balaban J connectivity index is 2.04. The SMILES string of the molecule is CCCCC#Cc1ccc(-c2ccc(OC(F)F)cc2)nc1. The molecule has 22 heavy (non-hydrogen) atoms. The molecule has 0 N–H and O–H groups in total. The van der Waals surface area contributed by atoms with Crippen molar-refractivity contribution in [1.29, 1.82) is 0 Å². The van der Waals surface area contributed by atoms with Gasteiger partial charge in [-0.2, -0.15) is 8.78 Å². The Labute approximate surface area is 129 Å². The van der Waals surface area contributed by atoms with Gasteiger partial charge >= 0.3 is 6.61 Å². The van der Waals surface area contributed by atoms with Crippen LogP contribution in [-0.2, 0) is 0 Å². The van der Waals surface area contributed by atoms with Crippen LogP contribution in [0, 0.1) is 11.8 Å². The van der Waals surface area contributed by atoms with E-state index >= 15 is 0 Å². The molecule has 4 heteroatoms. The highest BCUT2D eigenvalue weighted by atomic mass is 19.3. The normalized spacial score (nSPS) is 10.2. The molecule has 1 aromatic carbocycles. The summed E-state index contributed by atoms with van der Waals surface area (Å²) >= 11 is 0. The number of hydrogen-bond donors (Lipinski definition) is 0. The minimum absolute atomic E-state index is 0.136. The molecule has 114 valence electrons. The molecule has 0 aliphatic rings. The Morgan fingerprint density at radius 2 is 1.91 bits per heavy atom. The summed E-state index contributed by atoms with van der Waals surface area (Å²) in [5.41, 5.74) is 2.48. The third-order valence-corrected chi connectivity index (χ3v) is 3.03. The summed E-state index contributed by atoms with van der Waals surface area (Å²) in [7, 11) is 0. The summed E-state index contributed by atoms with van der Waals surface area (Å²) in [5, 5.41) is 0. The van der Waals surface area contributed by atoms with E-state index in [1.165, 1.54) is 12.1 Å². The van der Waals surface area contributed by atoms with Gasteiger partial charge in [0.05, 0.1) is 5.69 Å². The average Bonchev–Trinajstić information content (AvgIpc) is 2.52. The fourth-order valence-electron chi connectivity index (χ4n) is 1.88. The smallest absolute Gasteiger partial charge is 0.387 e. The highest BCUT2D eigenvalue weighted by Gasteiger charge is 2.05. The van der Waals surface area contributed by atoms with Crippen LogP contribution >= 0.6 is 0 Å². The lowest BCUT2D eigenvalue weighted by Gasteiger charge is -2.05. The quantitative estimate of drug-likeness (QED) is 0.579. The van der Waals surface area contributed by atoms with Gasteiger partial charge < -0.3 is 4.74 Å². The van der Waals surface area contributed by atoms with Gasteiger partial charge in [0, 0.05) is 23.7 Å². The van der Waals surface area contributed by atoms with Crippen molar-refractivity contribution in [3.8, 4) is 28.8 Å². The molecule has 2 aromatic rings. The molecular weight excluding hydrogens is 284 g/mol. The largest absolute Gasteiger partial charge is 0.435 e. The number of hydrogen-bond acceptors (Lipinski definition) is 2. The van der Waals surface area contributed by atoms with Gasteiger partial charge in [0.15, 0.2) is 0 Å². The zero-order chi connectivity index (χ0) is 15.8. The number of unbranched alkanes of at least 4 members (excludes halogenated alkanes) is 2. The van der Waals surface area contributed by atoms with E-state index in [-0.39, 0.29) is 5.75 Å². The van der Waals surface area contributed by atoms with Gasteiger partial charge in [-0.3, -0.25) is 4.98 Å². The summed E-state index contributed by atoms with van der Waals surface area (Å²) in [5.74, 6) is 6.32. The molecule has 0 aliphatic heterocycles. The predicted octanol–water partition coefficient (Wildman–Crippen LogP) is 4.89.